The summed E-state index contributed by atoms with van der Waals surface area (Å²) in [6, 6.07) is -0.539. The number of ether oxygens (including phenoxy) is 1. The summed E-state index contributed by atoms with van der Waals surface area (Å²) in [5, 5.41) is 0. The predicted molar refractivity (Wildman–Crippen MR) is 58.4 cm³/mol. The van der Waals surface area contributed by atoms with Crippen molar-refractivity contribution in [2.45, 2.75) is 19.4 Å². The third kappa shape index (κ3) is 9.95. The fraction of sp³-hybridized carbons (Fsp3) is 0.833. The molecular formula is C6H14Cl2N2O2S. The molecule has 0 heterocycles. The molecule has 0 aromatic heterocycles. The summed E-state index contributed by atoms with van der Waals surface area (Å²) < 4.78 is 8.10. The summed E-state index contributed by atoms with van der Waals surface area (Å²) >= 11 is 4.33. The van der Waals surface area contributed by atoms with Crippen LogP contribution >= 0.6 is 24.8 Å². The Morgan fingerprint density at radius 3 is 2.54 bits per heavy atom. The van der Waals surface area contributed by atoms with E-state index < -0.39 is 6.04 Å². The maximum atomic E-state index is 10.8. The van der Waals surface area contributed by atoms with E-state index in [0.29, 0.717) is 19.6 Å². The molecule has 0 bridgehead atoms. The second-order valence-corrected chi connectivity index (χ2v) is 2.30. The summed E-state index contributed by atoms with van der Waals surface area (Å²) in [7, 11) is 0. The quantitative estimate of drug-likeness (QED) is 0.579. The third-order valence-electron chi connectivity index (χ3n) is 1.09. The van der Waals surface area contributed by atoms with Crippen molar-refractivity contribution in [3.63, 3.8) is 0 Å². The SMILES string of the molecule is C[C@H](N=S)C(=O)OCCCN.Cl.Cl. The van der Waals surface area contributed by atoms with Gasteiger partial charge in [-0.25, -0.2) is 9.16 Å². The van der Waals surface area contributed by atoms with Crippen molar-refractivity contribution in [1.29, 1.82) is 0 Å². The Morgan fingerprint density at radius 2 is 2.15 bits per heavy atom. The van der Waals surface area contributed by atoms with Crippen molar-refractivity contribution in [2.75, 3.05) is 13.2 Å². The van der Waals surface area contributed by atoms with Crippen LogP contribution in [0.25, 0.3) is 0 Å². The van der Waals surface area contributed by atoms with Crippen molar-refractivity contribution >= 4 is 43.2 Å². The highest BCUT2D eigenvalue weighted by molar-refractivity contribution is 7.47. The molecule has 2 N–H and O–H groups in total. The summed E-state index contributed by atoms with van der Waals surface area (Å²) in [6.45, 7) is 2.47. The molecule has 0 aromatic carbocycles. The highest BCUT2D eigenvalue weighted by Gasteiger charge is 2.11. The number of carbonyl (C=O) groups is 1. The normalized spacial score (nSPS) is 10.3. The average Bonchev–Trinajstić information content (AvgIpc) is 2.03. The molecule has 1 atom stereocenters. The molecular weight excluding hydrogens is 235 g/mol. The molecule has 0 aromatic rings. The molecule has 0 saturated carbocycles. The Labute approximate surface area is 95.6 Å². The zero-order valence-corrected chi connectivity index (χ0v) is 9.71. The lowest BCUT2D eigenvalue weighted by molar-refractivity contribution is -0.144. The Bertz CT molecular complexity index is 149. The number of hydrogen-bond acceptors (Lipinski definition) is 5. The van der Waals surface area contributed by atoms with Gasteiger partial charge in [0.2, 0.25) is 0 Å². The maximum Gasteiger partial charge on any atom is 0.331 e. The Hall–Kier alpha value is 0.0300. The number of nitrogens with two attached hydrogens (primary N) is 1. The van der Waals surface area contributed by atoms with Crippen LogP contribution in [-0.2, 0) is 22.0 Å². The Morgan fingerprint density at radius 1 is 1.62 bits per heavy atom. The highest BCUT2D eigenvalue weighted by Crippen LogP contribution is 1.92. The summed E-state index contributed by atoms with van der Waals surface area (Å²) in [5.74, 6) is -0.381. The number of carbonyl (C=O) groups excluding carboxylic acids is 1. The maximum absolute atomic E-state index is 10.8. The van der Waals surface area contributed by atoms with Crippen LogP contribution in [0.2, 0.25) is 0 Å². The predicted octanol–water partition coefficient (Wildman–Crippen LogP) is 0.841. The van der Waals surface area contributed by atoms with E-state index in [9.17, 15) is 4.79 Å². The largest absolute Gasteiger partial charge is 0.464 e. The van der Waals surface area contributed by atoms with Crippen LogP contribution < -0.4 is 5.73 Å². The van der Waals surface area contributed by atoms with Gasteiger partial charge in [0.1, 0.15) is 0 Å². The molecule has 0 amide bonds. The van der Waals surface area contributed by atoms with E-state index in [1.165, 1.54) is 0 Å². The standard InChI is InChI=1S/C6H12N2O2S.2ClH/c1-5(8-11)6(9)10-4-2-3-7;;/h5H,2-4,7H2,1H3;2*1H/t5-;;/m0../s1. The molecule has 13 heavy (non-hydrogen) atoms. The summed E-state index contributed by atoms with van der Waals surface area (Å²) in [4.78, 5) is 10.8. The molecule has 0 radical (unpaired) electrons. The van der Waals surface area contributed by atoms with Crippen LogP contribution in [0, 0.1) is 0 Å². The lowest BCUT2D eigenvalue weighted by atomic mass is 10.4. The fourth-order valence-corrected chi connectivity index (χ4v) is 0.506. The van der Waals surface area contributed by atoms with Gasteiger partial charge in [-0.05, 0) is 19.9 Å². The third-order valence-corrected chi connectivity index (χ3v) is 1.41. The van der Waals surface area contributed by atoms with Crippen LogP contribution in [0.1, 0.15) is 13.3 Å². The van der Waals surface area contributed by atoms with Gasteiger partial charge >= 0.3 is 5.97 Å². The first-order valence-electron chi connectivity index (χ1n) is 3.41. The monoisotopic (exact) mass is 248 g/mol. The van der Waals surface area contributed by atoms with E-state index in [2.05, 4.69) is 16.8 Å². The minimum Gasteiger partial charge on any atom is -0.464 e. The molecule has 0 aliphatic rings. The van der Waals surface area contributed by atoms with E-state index >= 15 is 0 Å². The van der Waals surface area contributed by atoms with Crippen LogP contribution in [0.3, 0.4) is 0 Å². The second kappa shape index (κ2) is 12.0. The van der Waals surface area contributed by atoms with Crippen molar-refractivity contribution in [3.8, 4) is 0 Å². The van der Waals surface area contributed by atoms with Gasteiger partial charge in [0.25, 0.3) is 0 Å². The van der Waals surface area contributed by atoms with Gasteiger partial charge in [-0.2, -0.15) is 0 Å². The lowest BCUT2D eigenvalue weighted by Gasteiger charge is -2.04. The zero-order valence-electron chi connectivity index (χ0n) is 7.26. The molecule has 4 nitrogen and oxygen atoms in total. The zero-order chi connectivity index (χ0) is 8.69. The van der Waals surface area contributed by atoms with Gasteiger partial charge in [-0.3, -0.25) is 0 Å². The van der Waals surface area contributed by atoms with Crippen LogP contribution in [0.4, 0.5) is 0 Å². The van der Waals surface area contributed by atoms with Crippen molar-refractivity contribution in [1.82, 2.24) is 0 Å². The first kappa shape index (κ1) is 18.7. The van der Waals surface area contributed by atoms with Gasteiger partial charge in [-0.1, -0.05) is 0 Å². The molecule has 0 saturated heterocycles. The Balaban J connectivity index is -0.000000500. The minimum atomic E-state index is -0.539. The van der Waals surface area contributed by atoms with Crippen LogP contribution in [-0.4, -0.2) is 25.2 Å². The average molecular weight is 249 g/mol. The van der Waals surface area contributed by atoms with E-state index in [1.807, 2.05) is 0 Å². The topological polar surface area (TPSA) is 64.7 Å². The molecule has 0 aliphatic heterocycles. The summed E-state index contributed by atoms with van der Waals surface area (Å²) in [5.41, 5.74) is 5.19. The van der Waals surface area contributed by atoms with E-state index in [4.69, 9.17) is 10.5 Å². The first-order chi connectivity index (χ1) is 5.22. The fourth-order valence-electron chi connectivity index (χ4n) is 0.420. The van der Waals surface area contributed by atoms with E-state index in [0.717, 1.165) is 0 Å². The number of esters is 1. The lowest BCUT2D eigenvalue weighted by Crippen LogP contribution is -2.19. The number of hydrogen-bond donors (Lipinski definition) is 1. The Kier molecular flexibility index (Phi) is 17.3. The van der Waals surface area contributed by atoms with Gasteiger partial charge < -0.3 is 10.5 Å². The van der Waals surface area contributed by atoms with Crippen LogP contribution in [0.5, 0.6) is 0 Å². The minimum absolute atomic E-state index is 0. The molecule has 0 fully saturated rings. The number of rotatable bonds is 5. The van der Waals surface area contributed by atoms with Crippen molar-refractivity contribution < 1.29 is 9.53 Å². The first-order valence-corrected chi connectivity index (χ1v) is 3.78. The number of nitrogens with zero attached hydrogens (tertiary/aromatic N) is 1. The van der Waals surface area contributed by atoms with Crippen LogP contribution in [0.15, 0.2) is 4.36 Å². The van der Waals surface area contributed by atoms with Crippen molar-refractivity contribution in [2.24, 2.45) is 10.1 Å². The van der Waals surface area contributed by atoms with Gasteiger partial charge in [0, 0.05) is 12.4 Å². The van der Waals surface area contributed by atoms with Crippen molar-refractivity contribution in [3.05, 3.63) is 0 Å². The van der Waals surface area contributed by atoms with Gasteiger partial charge in [-0.15, -0.1) is 24.8 Å². The second-order valence-electron chi connectivity index (χ2n) is 2.09. The molecule has 0 spiro atoms. The molecule has 7 heteroatoms. The molecule has 0 unspecified atom stereocenters. The van der Waals surface area contributed by atoms with E-state index in [-0.39, 0.29) is 30.8 Å². The highest BCUT2D eigenvalue weighted by atomic mass is 35.5. The molecule has 0 rings (SSSR count). The van der Waals surface area contributed by atoms with Gasteiger partial charge in [0.15, 0.2) is 6.04 Å². The number of halogens is 2. The van der Waals surface area contributed by atoms with Gasteiger partial charge in [0.05, 0.1) is 6.61 Å². The molecule has 80 valence electrons. The molecule has 0 aliphatic carbocycles. The van der Waals surface area contributed by atoms with E-state index in [1.54, 1.807) is 6.92 Å². The smallest absolute Gasteiger partial charge is 0.331 e. The summed E-state index contributed by atoms with van der Waals surface area (Å²) in [6.07, 6.45) is 0.676.